The van der Waals surface area contributed by atoms with Crippen LogP contribution in [0.5, 0.6) is 0 Å². The van der Waals surface area contributed by atoms with Gasteiger partial charge in [0.1, 0.15) is 0 Å². The zero-order valence-corrected chi connectivity index (χ0v) is 14.5. The quantitative estimate of drug-likeness (QED) is 0.898. The van der Waals surface area contributed by atoms with Crippen LogP contribution in [-0.2, 0) is 11.2 Å². The number of fused-ring (bicyclic) bond motifs is 1. The molecule has 1 aromatic carbocycles. The molecule has 130 valence electrons. The number of urea groups is 1. The Morgan fingerprint density at radius 1 is 1.24 bits per heavy atom. The van der Waals surface area contributed by atoms with Crippen LogP contribution in [-0.4, -0.2) is 24.0 Å². The molecule has 0 bridgehead atoms. The van der Waals surface area contributed by atoms with Crippen LogP contribution in [0.2, 0.25) is 0 Å². The van der Waals surface area contributed by atoms with Gasteiger partial charge in [-0.2, -0.15) is 0 Å². The molecule has 0 saturated carbocycles. The molecule has 6 heteroatoms. The fourth-order valence-electron chi connectivity index (χ4n) is 3.08. The van der Waals surface area contributed by atoms with Gasteiger partial charge in [0.15, 0.2) is 0 Å². The van der Waals surface area contributed by atoms with Gasteiger partial charge < -0.3 is 15.5 Å². The van der Waals surface area contributed by atoms with E-state index in [1.54, 1.807) is 24.3 Å². The van der Waals surface area contributed by atoms with Crippen molar-refractivity contribution in [2.24, 2.45) is 0 Å². The van der Waals surface area contributed by atoms with Crippen molar-refractivity contribution in [2.45, 2.75) is 32.2 Å². The van der Waals surface area contributed by atoms with Crippen molar-refractivity contribution in [3.8, 4) is 0 Å². The molecule has 1 aliphatic heterocycles. The van der Waals surface area contributed by atoms with Gasteiger partial charge in [-0.3, -0.25) is 9.78 Å². The van der Waals surface area contributed by atoms with Crippen LogP contribution >= 0.6 is 0 Å². The largest absolute Gasteiger partial charge is 0.331 e. The summed E-state index contributed by atoms with van der Waals surface area (Å²) in [6, 6.07) is 9.13. The minimum atomic E-state index is -0.246. The number of hydrogen-bond donors (Lipinski definition) is 2. The molecule has 0 aliphatic carbocycles. The molecule has 0 unspecified atom stereocenters. The first kappa shape index (κ1) is 17.0. The molecule has 3 rings (SSSR count). The van der Waals surface area contributed by atoms with E-state index in [9.17, 15) is 9.59 Å². The summed E-state index contributed by atoms with van der Waals surface area (Å²) in [4.78, 5) is 29.8. The predicted molar refractivity (Wildman–Crippen MR) is 97.6 cm³/mol. The zero-order valence-electron chi connectivity index (χ0n) is 14.5. The summed E-state index contributed by atoms with van der Waals surface area (Å²) in [7, 11) is 1.78. The molecule has 1 aliphatic rings. The van der Waals surface area contributed by atoms with Gasteiger partial charge in [0, 0.05) is 37.2 Å². The zero-order chi connectivity index (χ0) is 17.8. The molecule has 2 aromatic rings. The van der Waals surface area contributed by atoms with Crippen molar-refractivity contribution >= 4 is 23.3 Å². The molecule has 0 radical (unpaired) electrons. The molecule has 1 atom stereocenters. The third-order valence-electron chi connectivity index (χ3n) is 4.50. The van der Waals surface area contributed by atoms with E-state index >= 15 is 0 Å². The third-order valence-corrected chi connectivity index (χ3v) is 4.50. The monoisotopic (exact) mass is 338 g/mol. The van der Waals surface area contributed by atoms with Gasteiger partial charge in [-0.25, -0.2) is 4.79 Å². The van der Waals surface area contributed by atoms with Gasteiger partial charge in [-0.1, -0.05) is 6.92 Å². The maximum Gasteiger partial charge on any atom is 0.319 e. The van der Waals surface area contributed by atoms with Crippen molar-refractivity contribution < 1.29 is 9.59 Å². The van der Waals surface area contributed by atoms with Crippen molar-refractivity contribution in [1.82, 2.24) is 10.3 Å². The lowest BCUT2D eigenvalue weighted by atomic mass is 10.0. The lowest BCUT2D eigenvalue weighted by molar-refractivity contribution is -0.118. The van der Waals surface area contributed by atoms with Crippen molar-refractivity contribution in [3.63, 3.8) is 0 Å². The second-order valence-corrected chi connectivity index (χ2v) is 6.14. The number of aryl methyl sites for hydroxylation is 1. The summed E-state index contributed by atoms with van der Waals surface area (Å²) in [5, 5.41) is 5.87. The van der Waals surface area contributed by atoms with Crippen LogP contribution in [0.15, 0.2) is 42.7 Å². The lowest BCUT2D eigenvalue weighted by Gasteiger charge is -2.26. The Labute approximate surface area is 147 Å². The highest BCUT2D eigenvalue weighted by atomic mass is 16.2. The van der Waals surface area contributed by atoms with E-state index in [4.69, 9.17) is 0 Å². The van der Waals surface area contributed by atoms with Crippen LogP contribution in [0.4, 0.5) is 16.2 Å². The summed E-state index contributed by atoms with van der Waals surface area (Å²) in [6.07, 6.45) is 5.43. The van der Waals surface area contributed by atoms with Gasteiger partial charge in [-0.05, 0) is 54.3 Å². The molecule has 2 heterocycles. The SMILES string of the molecule is CC[C@@H](NC(=O)Nc1ccc2c(c1)CCC(=O)N2C)c1ccncc1. The van der Waals surface area contributed by atoms with E-state index in [0.29, 0.717) is 12.8 Å². The number of rotatable bonds is 4. The number of benzene rings is 1. The second-order valence-electron chi connectivity index (χ2n) is 6.14. The fourth-order valence-corrected chi connectivity index (χ4v) is 3.08. The average Bonchev–Trinajstić information content (AvgIpc) is 2.63. The molecule has 2 N–H and O–H groups in total. The Kier molecular flexibility index (Phi) is 4.97. The number of carbonyl (C=O) groups is 2. The number of nitrogens with zero attached hydrogens (tertiary/aromatic N) is 2. The Bertz CT molecular complexity index is 776. The number of aromatic nitrogens is 1. The second kappa shape index (κ2) is 7.34. The van der Waals surface area contributed by atoms with Crippen LogP contribution in [0.3, 0.4) is 0 Å². The smallest absolute Gasteiger partial charge is 0.319 e. The number of nitrogens with one attached hydrogen (secondary N) is 2. The van der Waals surface area contributed by atoms with Gasteiger partial charge in [0.2, 0.25) is 5.91 Å². The first-order chi connectivity index (χ1) is 12.1. The van der Waals surface area contributed by atoms with Crippen LogP contribution in [0.25, 0.3) is 0 Å². The predicted octanol–water partition coefficient (Wildman–Crippen LogP) is 3.26. The molecule has 1 aromatic heterocycles. The summed E-state index contributed by atoms with van der Waals surface area (Å²) in [5.74, 6) is 0.120. The number of amides is 3. The Balaban J connectivity index is 1.68. The molecule has 0 fully saturated rings. The summed E-state index contributed by atoms with van der Waals surface area (Å²) in [5.41, 5.74) is 3.73. The highest BCUT2D eigenvalue weighted by molar-refractivity contribution is 5.97. The summed E-state index contributed by atoms with van der Waals surface area (Å²) < 4.78 is 0. The number of hydrogen-bond acceptors (Lipinski definition) is 3. The van der Waals surface area contributed by atoms with Gasteiger partial charge in [-0.15, -0.1) is 0 Å². The van der Waals surface area contributed by atoms with E-state index in [2.05, 4.69) is 15.6 Å². The average molecular weight is 338 g/mol. The first-order valence-corrected chi connectivity index (χ1v) is 8.45. The standard InChI is InChI=1S/C19H22N4O2/c1-3-16(13-8-10-20-11-9-13)22-19(25)21-15-5-6-17-14(12-15)4-7-18(24)23(17)2/h5-6,8-12,16H,3-4,7H2,1-2H3,(H2,21,22,25)/t16-/m1/s1. The first-order valence-electron chi connectivity index (χ1n) is 8.45. The molecular weight excluding hydrogens is 316 g/mol. The van der Waals surface area contributed by atoms with E-state index in [1.807, 2.05) is 37.3 Å². The number of pyridine rings is 1. The fraction of sp³-hybridized carbons (Fsp3) is 0.316. The third kappa shape index (κ3) is 3.79. The minimum Gasteiger partial charge on any atom is -0.331 e. The highest BCUT2D eigenvalue weighted by Crippen LogP contribution is 2.29. The van der Waals surface area contributed by atoms with Crippen molar-refractivity contribution in [2.75, 3.05) is 17.3 Å². The number of carbonyl (C=O) groups excluding carboxylic acids is 2. The molecule has 0 spiro atoms. The Morgan fingerprint density at radius 3 is 2.72 bits per heavy atom. The molecular formula is C19H22N4O2. The van der Waals surface area contributed by atoms with Gasteiger partial charge >= 0.3 is 6.03 Å². The lowest BCUT2D eigenvalue weighted by Crippen LogP contribution is -2.33. The number of anilines is 2. The van der Waals surface area contributed by atoms with E-state index in [-0.39, 0.29) is 18.0 Å². The van der Waals surface area contributed by atoms with Crippen LogP contribution < -0.4 is 15.5 Å². The topological polar surface area (TPSA) is 74.3 Å². The van der Waals surface area contributed by atoms with E-state index < -0.39 is 0 Å². The normalized spacial score (nSPS) is 14.6. The maximum absolute atomic E-state index is 12.3. The maximum atomic E-state index is 12.3. The van der Waals surface area contributed by atoms with Gasteiger partial charge in [0.05, 0.1) is 6.04 Å². The molecule has 6 nitrogen and oxygen atoms in total. The highest BCUT2D eigenvalue weighted by Gasteiger charge is 2.21. The molecule has 3 amide bonds. The van der Waals surface area contributed by atoms with Crippen LogP contribution in [0.1, 0.15) is 36.9 Å². The summed E-state index contributed by atoms with van der Waals surface area (Å²) >= 11 is 0. The van der Waals surface area contributed by atoms with Crippen molar-refractivity contribution in [3.05, 3.63) is 53.9 Å². The van der Waals surface area contributed by atoms with Crippen molar-refractivity contribution in [1.29, 1.82) is 0 Å². The summed E-state index contributed by atoms with van der Waals surface area (Å²) in [6.45, 7) is 2.02. The van der Waals surface area contributed by atoms with E-state index in [1.165, 1.54) is 0 Å². The minimum absolute atomic E-state index is 0.0654. The van der Waals surface area contributed by atoms with E-state index in [0.717, 1.165) is 28.9 Å². The molecule has 25 heavy (non-hydrogen) atoms. The Hall–Kier alpha value is -2.89. The molecule has 0 saturated heterocycles. The van der Waals surface area contributed by atoms with Crippen LogP contribution in [0, 0.1) is 0 Å². The Morgan fingerprint density at radius 2 is 2.00 bits per heavy atom. The van der Waals surface area contributed by atoms with Gasteiger partial charge in [0.25, 0.3) is 0 Å².